The molecule has 1 heterocycles. The number of nitrogens with one attached hydrogen (secondary N) is 2. The standard InChI is InChI=1S/C21H22ClN3O5/c1-12-5-7-14(22)10-15(12)23-18(26)11-25-19(27)21(2,24-20(25)28)13-6-8-16(29-3)17(9-13)30-4/h5-10H,11H2,1-4H3,(H,23,26)(H,24,28)/t21-/m0/s1. The molecule has 0 aliphatic carbocycles. The van der Waals surface area contributed by atoms with Gasteiger partial charge >= 0.3 is 6.03 Å². The molecule has 0 saturated carbocycles. The zero-order valence-electron chi connectivity index (χ0n) is 17.0. The first-order valence-corrected chi connectivity index (χ1v) is 9.50. The summed E-state index contributed by atoms with van der Waals surface area (Å²) < 4.78 is 10.5. The Labute approximate surface area is 179 Å². The fraction of sp³-hybridized carbons (Fsp3) is 0.286. The van der Waals surface area contributed by atoms with Gasteiger partial charge < -0.3 is 20.1 Å². The second-order valence-corrected chi connectivity index (χ2v) is 7.46. The number of hydrogen-bond acceptors (Lipinski definition) is 5. The Morgan fingerprint density at radius 1 is 1.13 bits per heavy atom. The highest BCUT2D eigenvalue weighted by atomic mass is 35.5. The van der Waals surface area contributed by atoms with Gasteiger partial charge in [-0.1, -0.05) is 23.7 Å². The van der Waals surface area contributed by atoms with E-state index in [1.54, 1.807) is 43.3 Å². The van der Waals surface area contributed by atoms with Crippen LogP contribution in [0.1, 0.15) is 18.1 Å². The number of rotatable bonds is 6. The third-order valence-corrected chi connectivity index (χ3v) is 5.25. The van der Waals surface area contributed by atoms with Crippen LogP contribution in [0.4, 0.5) is 10.5 Å². The van der Waals surface area contributed by atoms with E-state index in [1.165, 1.54) is 14.2 Å². The van der Waals surface area contributed by atoms with E-state index in [0.29, 0.717) is 27.8 Å². The minimum atomic E-state index is -1.34. The van der Waals surface area contributed by atoms with Crippen LogP contribution < -0.4 is 20.1 Å². The first kappa shape index (κ1) is 21.4. The van der Waals surface area contributed by atoms with Crippen molar-refractivity contribution < 1.29 is 23.9 Å². The monoisotopic (exact) mass is 431 g/mol. The lowest BCUT2D eigenvalue weighted by atomic mass is 9.91. The van der Waals surface area contributed by atoms with Crippen LogP contribution in [0.15, 0.2) is 36.4 Å². The highest BCUT2D eigenvalue weighted by molar-refractivity contribution is 6.31. The zero-order valence-corrected chi connectivity index (χ0v) is 17.8. The van der Waals surface area contributed by atoms with Crippen molar-refractivity contribution >= 4 is 35.1 Å². The number of hydrogen-bond donors (Lipinski definition) is 2. The summed E-state index contributed by atoms with van der Waals surface area (Å²) in [5.41, 5.74) is 0.484. The van der Waals surface area contributed by atoms with E-state index in [0.717, 1.165) is 10.5 Å². The third-order valence-electron chi connectivity index (χ3n) is 5.01. The topological polar surface area (TPSA) is 97.0 Å². The van der Waals surface area contributed by atoms with Crippen LogP contribution in [0, 0.1) is 6.92 Å². The summed E-state index contributed by atoms with van der Waals surface area (Å²) in [6, 6.07) is 9.35. The van der Waals surface area contributed by atoms with Gasteiger partial charge in [0, 0.05) is 10.7 Å². The first-order chi connectivity index (χ1) is 14.2. The van der Waals surface area contributed by atoms with Crippen LogP contribution in [-0.2, 0) is 15.1 Å². The molecule has 2 N–H and O–H groups in total. The summed E-state index contributed by atoms with van der Waals surface area (Å²) in [4.78, 5) is 38.9. The predicted octanol–water partition coefficient (Wildman–Crippen LogP) is 3.07. The van der Waals surface area contributed by atoms with Crippen LogP contribution >= 0.6 is 11.6 Å². The van der Waals surface area contributed by atoms with Crippen LogP contribution in [0.3, 0.4) is 0 Å². The van der Waals surface area contributed by atoms with Crippen molar-refractivity contribution in [1.82, 2.24) is 10.2 Å². The molecule has 8 nitrogen and oxygen atoms in total. The number of amides is 4. The maximum absolute atomic E-state index is 13.1. The summed E-state index contributed by atoms with van der Waals surface area (Å²) in [7, 11) is 2.98. The average Bonchev–Trinajstić information content (AvgIpc) is 2.94. The van der Waals surface area contributed by atoms with E-state index >= 15 is 0 Å². The molecule has 1 saturated heterocycles. The van der Waals surface area contributed by atoms with Gasteiger partial charge in [-0.2, -0.15) is 0 Å². The highest BCUT2D eigenvalue weighted by Crippen LogP contribution is 2.35. The number of nitrogens with zero attached hydrogens (tertiary/aromatic N) is 1. The van der Waals surface area contributed by atoms with Gasteiger partial charge in [0.1, 0.15) is 12.1 Å². The number of methoxy groups -OCH3 is 2. The fourth-order valence-corrected chi connectivity index (χ4v) is 3.42. The lowest BCUT2D eigenvalue weighted by Crippen LogP contribution is -2.42. The Morgan fingerprint density at radius 3 is 2.50 bits per heavy atom. The quantitative estimate of drug-likeness (QED) is 0.685. The van der Waals surface area contributed by atoms with Crippen molar-refractivity contribution in [2.24, 2.45) is 0 Å². The van der Waals surface area contributed by atoms with Crippen molar-refractivity contribution in [1.29, 1.82) is 0 Å². The Hall–Kier alpha value is -3.26. The van der Waals surface area contributed by atoms with Gasteiger partial charge in [0.05, 0.1) is 14.2 Å². The molecule has 4 amide bonds. The normalized spacial score (nSPS) is 18.2. The van der Waals surface area contributed by atoms with Gasteiger partial charge in [-0.3, -0.25) is 14.5 Å². The maximum Gasteiger partial charge on any atom is 0.325 e. The lowest BCUT2D eigenvalue weighted by molar-refractivity contribution is -0.133. The summed E-state index contributed by atoms with van der Waals surface area (Å²) in [5, 5.41) is 5.82. The minimum Gasteiger partial charge on any atom is -0.493 e. The van der Waals surface area contributed by atoms with Crippen LogP contribution in [-0.4, -0.2) is 43.5 Å². The molecule has 0 aromatic heterocycles. The molecular weight excluding hydrogens is 410 g/mol. The number of carbonyl (C=O) groups excluding carboxylic acids is 3. The molecule has 1 fully saturated rings. The zero-order chi connectivity index (χ0) is 22.1. The number of aryl methyl sites for hydroxylation is 1. The number of imide groups is 1. The van der Waals surface area contributed by atoms with Gasteiger partial charge in [0.15, 0.2) is 11.5 Å². The molecule has 9 heteroatoms. The smallest absolute Gasteiger partial charge is 0.325 e. The van der Waals surface area contributed by atoms with E-state index in [4.69, 9.17) is 21.1 Å². The van der Waals surface area contributed by atoms with Crippen LogP contribution in [0.25, 0.3) is 0 Å². The number of ether oxygens (including phenoxy) is 2. The fourth-order valence-electron chi connectivity index (χ4n) is 3.25. The van der Waals surface area contributed by atoms with Crippen molar-refractivity contribution in [3.63, 3.8) is 0 Å². The van der Waals surface area contributed by atoms with E-state index in [2.05, 4.69) is 10.6 Å². The molecule has 1 aliphatic heterocycles. The molecule has 3 rings (SSSR count). The number of urea groups is 1. The van der Waals surface area contributed by atoms with Crippen molar-refractivity contribution in [2.45, 2.75) is 19.4 Å². The van der Waals surface area contributed by atoms with E-state index in [1.807, 2.05) is 6.92 Å². The largest absolute Gasteiger partial charge is 0.493 e. The Morgan fingerprint density at radius 2 is 1.83 bits per heavy atom. The molecule has 2 aromatic rings. The van der Waals surface area contributed by atoms with Crippen molar-refractivity contribution in [3.8, 4) is 11.5 Å². The SMILES string of the molecule is COc1ccc([C@]2(C)NC(=O)N(CC(=O)Nc3cc(Cl)ccc3C)C2=O)cc1OC. The Bertz CT molecular complexity index is 1030. The van der Waals surface area contributed by atoms with Gasteiger partial charge in [-0.15, -0.1) is 0 Å². The molecule has 0 radical (unpaired) electrons. The van der Waals surface area contributed by atoms with Gasteiger partial charge in [0.2, 0.25) is 5.91 Å². The Kier molecular flexibility index (Phi) is 5.89. The van der Waals surface area contributed by atoms with Crippen molar-refractivity contribution in [2.75, 3.05) is 26.1 Å². The van der Waals surface area contributed by atoms with Gasteiger partial charge in [-0.05, 0) is 49.2 Å². The molecule has 1 aliphatic rings. The third kappa shape index (κ3) is 3.91. The molecule has 0 unspecified atom stereocenters. The lowest BCUT2D eigenvalue weighted by Gasteiger charge is -2.23. The summed E-state index contributed by atoms with van der Waals surface area (Å²) in [6.07, 6.45) is 0. The second-order valence-electron chi connectivity index (χ2n) is 7.02. The van der Waals surface area contributed by atoms with E-state index in [-0.39, 0.29) is 0 Å². The predicted molar refractivity (Wildman–Crippen MR) is 112 cm³/mol. The molecule has 0 spiro atoms. The maximum atomic E-state index is 13.1. The molecule has 0 bridgehead atoms. The first-order valence-electron chi connectivity index (χ1n) is 9.12. The van der Waals surface area contributed by atoms with Crippen LogP contribution in [0.2, 0.25) is 5.02 Å². The molecular formula is C21H22ClN3O5. The molecule has 158 valence electrons. The van der Waals surface area contributed by atoms with Gasteiger partial charge in [0.25, 0.3) is 5.91 Å². The second kappa shape index (κ2) is 8.23. The van der Waals surface area contributed by atoms with Crippen LogP contribution in [0.5, 0.6) is 11.5 Å². The van der Waals surface area contributed by atoms with Crippen molar-refractivity contribution in [3.05, 3.63) is 52.5 Å². The van der Waals surface area contributed by atoms with Gasteiger partial charge in [-0.25, -0.2) is 4.79 Å². The molecule has 2 aromatic carbocycles. The average molecular weight is 432 g/mol. The number of halogens is 1. The number of benzene rings is 2. The summed E-state index contributed by atoms with van der Waals surface area (Å²) >= 11 is 5.97. The minimum absolute atomic E-state index is 0.422. The Balaban J connectivity index is 1.80. The molecule has 1 atom stereocenters. The molecule has 30 heavy (non-hydrogen) atoms. The number of carbonyl (C=O) groups is 3. The van der Waals surface area contributed by atoms with E-state index in [9.17, 15) is 14.4 Å². The summed E-state index contributed by atoms with van der Waals surface area (Å²) in [6.45, 7) is 2.96. The van der Waals surface area contributed by atoms with E-state index < -0.39 is 29.9 Å². The summed E-state index contributed by atoms with van der Waals surface area (Å²) in [5.74, 6) is -0.140. The highest BCUT2D eigenvalue weighted by Gasteiger charge is 2.49. The number of anilines is 1.